The Hall–Kier alpha value is -1.11. The molecule has 7 heteroatoms. The third-order valence-electron chi connectivity index (χ3n) is 4.71. The van der Waals surface area contributed by atoms with Gasteiger partial charge in [-0.05, 0) is 27.2 Å². The maximum Gasteiger partial charge on any atom is 0.245 e. The molecular weight excluding hydrogens is 280 g/mol. The van der Waals surface area contributed by atoms with Crippen molar-refractivity contribution >= 4 is 21.7 Å². The molecular formula is C13H22N2O4S. The Labute approximate surface area is 120 Å². The van der Waals surface area contributed by atoms with Crippen LogP contribution < -0.4 is 0 Å². The summed E-state index contributed by atoms with van der Waals surface area (Å²) in [6.45, 7) is 5.52. The monoisotopic (exact) mass is 302 g/mol. The lowest BCUT2D eigenvalue weighted by Gasteiger charge is -2.47. The number of nitrogens with zero attached hydrogens (tertiary/aromatic N) is 2. The number of piperazine rings is 1. The van der Waals surface area contributed by atoms with Gasteiger partial charge in [0.2, 0.25) is 11.8 Å². The van der Waals surface area contributed by atoms with Gasteiger partial charge in [0.25, 0.3) is 0 Å². The molecule has 0 aromatic carbocycles. The first kappa shape index (κ1) is 15.3. The Kier molecular flexibility index (Phi) is 3.83. The van der Waals surface area contributed by atoms with Crippen molar-refractivity contribution in [1.29, 1.82) is 0 Å². The molecule has 2 saturated heterocycles. The van der Waals surface area contributed by atoms with Crippen LogP contribution in [0.2, 0.25) is 0 Å². The van der Waals surface area contributed by atoms with E-state index in [-0.39, 0.29) is 35.4 Å². The third kappa shape index (κ3) is 2.43. The highest BCUT2D eigenvalue weighted by molar-refractivity contribution is 7.91. The number of hydrogen-bond donors (Lipinski definition) is 0. The van der Waals surface area contributed by atoms with Crippen molar-refractivity contribution in [2.45, 2.75) is 45.3 Å². The fourth-order valence-electron chi connectivity index (χ4n) is 3.12. The molecule has 114 valence electrons. The van der Waals surface area contributed by atoms with E-state index in [9.17, 15) is 18.0 Å². The minimum absolute atomic E-state index is 0.0688. The zero-order valence-corrected chi connectivity index (χ0v) is 13.2. The van der Waals surface area contributed by atoms with Gasteiger partial charge in [-0.1, -0.05) is 0 Å². The van der Waals surface area contributed by atoms with Crippen molar-refractivity contribution in [2.75, 3.05) is 18.6 Å². The molecule has 0 spiro atoms. The Morgan fingerprint density at radius 1 is 1.20 bits per heavy atom. The van der Waals surface area contributed by atoms with Crippen molar-refractivity contribution < 1.29 is 18.0 Å². The Balaban J connectivity index is 2.22. The van der Waals surface area contributed by atoms with Crippen LogP contribution in [0.4, 0.5) is 0 Å². The molecule has 2 heterocycles. The quantitative estimate of drug-likeness (QED) is 0.677. The van der Waals surface area contributed by atoms with Crippen molar-refractivity contribution in [2.24, 2.45) is 5.92 Å². The van der Waals surface area contributed by atoms with E-state index in [0.29, 0.717) is 6.42 Å². The van der Waals surface area contributed by atoms with E-state index in [4.69, 9.17) is 0 Å². The summed E-state index contributed by atoms with van der Waals surface area (Å²) >= 11 is 0. The zero-order valence-electron chi connectivity index (χ0n) is 12.4. The Bertz CT molecular complexity index is 530. The van der Waals surface area contributed by atoms with E-state index in [1.54, 1.807) is 23.8 Å². The lowest BCUT2D eigenvalue weighted by Crippen LogP contribution is -2.65. The molecule has 0 aliphatic carbocycles. The zero-order chi connectivity index (χ0) is 15.2. The molecule has 4 atom stereocenters. The maximum absolute atomic E-state index is 12.6. The van der Waals surface area contributed by atoms with E-state index in [1.807, 2.05) is 13.8 Å². The first-order valence-corrected chi connectivity index (χ1v) is 8.77. The summed E-state index contributed by atoms with van der Waals surface area (Å²) in [5.74, 6) is -0.790. The number of likely N-dealkylation sites (N-methyl/N-ethyl adjacent to an activating group) is 1. The van der Waals surface area contributed by atoms with Crippen LogP contribution in [0, 0.1) is 5.92 Å². The molecule has 0 aromatic heterocycles. The molecule has 2 fully saturated rings. The predicted molar refractivity (Wildman–Crippen MR) is 74.8 cm³/mol. The summed E-state index contributed by atoms with van der Waals surface area (Å²) in [6, 6.07) is -0.703. The first-order valence-electron chi connectivity index (χ1n) is 6.95. The first-order chi connectivity index (χ1) is 9.15. The average molecular weight is 302 g/mol. The summed E-state index contributed by atoms with van der Waals surface area (Å²) in [4.78, 5) is 28.0. The standard InChI is InChI=1S/C13H22N2O4S/c1-8-9(2)15(10(3)12(16)14(8)4)13(17)11-5-6-20(18,19)7-11/h8-11H,5-7H2,1-4H3. The van der Waals surface area contributed by atoms with E-state index >= 15 is 0 Å². The molecule has 0 saturated carbocycles. The lowest BCUT2D eigenvalue weighted by molar-refractivity contribution is -0.158. The molecule has 0 bridgehead atoms. The van der Waals surface area contributed by atoms with E-state index in [2.05, 4.69) is 0 Å². The second kappa shape index (κ2) is 5.02. The van der Waals surface area contributed by atoms with Crippen LogP contribution in [0.25, 0.3) is 0 Å². The van der Waals surface area contributed by atoms with Crippen LogP contribution in [-0.4, -0.2) is 66.7 Å². The van der Waals surface area contributed by atoms with Crippen molar-refractivity contribution in [3.05, 3.63) is 0 Å². The summed E-state index contributed by atoms with van der Waals surface area (Å²) in [7, 11) is -1.36. The molecule has 0 radical (unpaired) electrons. The maximum atomic E-state index is 12.6. The van der Waals surface area contributed by atoms with E-state index in [0.717, 1.165) is 0 Å². The fraction of sp³-hybridized carbons (Fsp3) is 0.846. The normalized spacial score (nSPS) is 37.3. The van der Waals surface area contributed by atoms with Crippen LogP contribution in [0.15, 0.2) is 0 Å². The average Bonchev–Trinajstić information content (AvgIpc) is 2.74. The minimum Gasteiger partial charge on any atom is -0.339 e. The minimum atomic E-state index is -3.09. The van der Waals surface area contributed by atoms with Gasteiger partial charge >= 0.3 is 0 Å². The summed E-state index contributed by atoms with van der Waals surface area (Å²) in [6.07, 6.45) is 0.371. The number of amides is 2. The predicted octanol–water partition coefficient (Wildman–Crippen LogP) is -0.113. The van der Waals surface area contributed by atoms with Gasteiger partial charge in [-0.25, -0.2) is 8.42 Å². The second-order valence-electron chi connectivity index (χ2n) is 5.95. The number of rotatable bonds is 1. The molecule has 0 N–H and O–H groups in total. The highest BCUT2D eigenvalue weighted by Gasteiger charge is 2.45. The number of carbonyl (C=O) groups is 2. The van der Waals surface area contributed by atoms with Crippen LogP contribution in [-0.2, 0) is 19.4 Å². The smallest absolute Gasteiger partial charge is 0.245 e. The number of hydrogen-bond acceptors (Lipinski definition) is 4. The fourth-order valence-corrected chi connectivity index (χ4v) is 4.85. The molecule has 20 heavy (non-hydrogen) atoms. The second-order valence-corrected chi connectivity index (χ2v) is 8.18. The lowest BCUT2D eigenvalue weighted by atomic mass is 9.97. The van der Waals surface area contributed by atoms with Gasteiger partial charge in [0.15, 0.2) is 9.84 Å². The molecule has 2 rings (SSSR count). The highest BCUT2D eigenvalue weighted by Crippen LogP contribution is 2.27. The highest BCUT2D eigenvalue weighted by atomic mass is 32.2. The van der Waals surface area contributed by atoms with Gasteiger partial charge in [0.1, 0.15) is 6.04 Å². The van der Waals surface area contributed by atoms with Gasteiger partial charge in [0, 0.05) is 19.1 Å². The van der Waals surface area contributed by atoms with Crippen LogP contribution >= 0.6 is 0 Å². The van der Waals surface area contributed by atoms with Crippen molar-refractivity contribution in [3.8, 4) is 0 Å². The number of carbonyl (C=O) groups excluding carboxylic acids is 2. The van der Waals surface area contributed by atoms with Crippen LogP contribution in [0.1, 0.15) is 27.2 Å². The van der Waals surface area contributed by atoms with Crippen molar-refractivity contribution in [3.63, 3.8) is 0 Å². The molecule has 2 aliphatic heterocycles. The Morgan fingerprint density at radius 2 is 1.80 bits per heavy atom. The molecule has 0 aromatic rings. The number of sulfone groups is 1. The van der Waals surface area contributed by atoms with Crippen LogP contribution in [0.3, 0.4) is 0 Å². The Morgan fingerprint density at radius 3 is 2.30 bits per heavy atom. The van der Waals surface area contributed by atoms with Gasteiger partial charge in [0.05, 0.1) is 17.4 Å². The molecule has 4 unspecified atom stereocenters. The van der Waals surface area contributed by atoms with Crippen LogP contribution in [0.5, 0.6) is 0 Å². The largest absolute Gasteiger partial charge is 0.339 e. The molecule has 6 nitrogen and oxygen atoms in total. The van der Waals surface area contributed by atoms with Gasteiger partial charge < -0.3 is 9.80 Å². The summed E-state index contributed by atoms with van der Waals surface area (Å²) in [5, 5.41) is 0. The van der Waals surface area contributed by atoms with Gasteiger partial charge in [-0.3, -0.25) is 9.59 Å². The molecule has 2 aliphatic rings. The van der Waals surface area contributed by atoms with E-state index < -0.39 is 21.8 Å². The SMILES string of the molecule is CC1C(C)N(C(=O)C2CCS(=O)(=O)C2)C(C)C(=O)N1C. The van der Waals surface area contributed by atoms with Gasteiger partial charge in [-0.2, -0.15) is 0 Å². The van der Waals surface area contributed by atoms with Gasteiger partial charge in [-0.15, -0.1) is 0 Å². The topological polar surface area (TPSA) is 74.8 Å². The molecule has 2 amide bonds. The third-order valence-corrected chi connectivity index (χ3v) is 6.47. The van der Waals surface area contributed by atoms with E-state index in [1.165, 1.54) is 0 Å². The van der Waals surface area contributed by atoms with Crippen molar-refractivity contribution in [1.82, 2.24) is 9.80 Å². The summed E-state index contributed by atoms with van der Waals surface area (Å²) < 4.78 is 23.1. The summed E-state index contributed by atoms with van der Waals surface area (Å²) in [5.41, 5.74) is 0.